The molecule has 0 saturated carbocycles. The average molecular weight is 385 g/mol. The third kappa shape index (κ3) is 4.89. The predicted molar refractivity (Wildman–Crippen MR) is 118 cm³/mol. The van der Waals surface area contributed by atoms with Crippen molar-refractivity contribution in [3.63, 3.8) is 0 Å². The number of rotatable bonds is 9. The first-order valence-electron chi connectivity index (χ1n) is 9.61. The molecule has 0 spiro atoms. The average Bonchev–Trinajstić information content (AvgIpc) is 2.64. The van der Waals surface area contributed by atoms with E-state index in [-0.39, 0.29) is 10.3 Å². The highest BCUT2D eigenvalue weighted by atomic mass is 32.2. The van der Waals surface area contributed by atoms with Crippen LogP contribution in [-0.2, 0) is 11.2 Å². The molecule has 1 nitrogen and oxygen atoms in total. The number of aryl methyl sites for hydroxylation is 1. The van der Waals surface area contributed by atoms with Crippen LogP contribution in [0.2, 0.25) is 19.6 Å². The normalized spacial score (nSPS) is 15.3. The summed E-state index contributed by atoms with van der Waals surface area (Å²) in [5.74, 6) is 0.456. The van der Waals surface area contributed by atoms with Gasteiger partial charge in [0.2, 0.25) is 0 Å². The number of carbonyl (C=O) groups is 1. The van der Waals surface area contributed by atoms with E-state index < -0.39 is 8.07 Å². The zero-order valence-electron chi connectivity index (χ0n) is 16.8. The molecule has 2 rings (SSSR count). The monoisotopic (exact) mass is 384 g/mol. The Labute approximate surface area is 164 Å². The van der Waals surface area contributed by atoms with E-state index >= 15 is 0 Å². The van der Waals surface area contributed by atoms with Crippen LogP contribution in [0.25, 0.3) is 0 Å². The lowest BCUT2D eigenvalue weighted by atomic mass is 9.94. The summed E-state index contributed by atoms with van der Waals surface area (Å²) in [6, 6.07) is 21.3. The van der Waals surface area contributed by atoms with Crippen molar-refractivity contribution >= 4 is 25.6 Å². The van der Waals surface area contributed by atoms with Gasteiger partial charge in [0.1, 0.15) is 5.78 Å². The Morgan fingerprint density at radius 2 is 1.54 bits per heavy atom. The summed E-state index contributed by atoms with van der Waals surface area (Å²) in [5.41, 5.74) is 1.36. The van der Waals surface area contributed by atoms with Crippen molar-refractivity contribution in [3.05, 3.63) is 66.2 Å². The molecule has 0 bridgehead atoms. The Bertz CT molecular complexity index is 693. The van der Waals surface area contributed by atoms with Crippen LogP contribution in [0.3, 0.4) is 0 Å². The fourth-order valence-corrected chi connectivity index (χ4v) is 8.91. The number of hydrogen-bond acceptors (Lipinski definition) is 2. The summed E-state index contributed by atoms with van der Waals surface area (Å²) in [5, 5.41) is 0. The van der Waals surface area contributed by atoms with Crippen molar-refractivity contribution in [1.29, 1.82) is 0 Å². The highest BCUT2D eigenvalue weighted by molar-refractivity contribution is 8.02. The summed E-state index contributed by atoms with van der Waals surface area (Å²) >= 11 is 1.96. The van der Waals surface area contributed by atoms with Crippen LogP contribution in [0.1, 0.15) is 32.3 Å². The molecule has 0 aliphatic heterocycles. The smallest absolute Gasteiger partial charge is 0.136 e. The van der Waals surface area contributed by atoms with Crippen molar-refractivity contribution in [2.24, 2.45) is 5.92 Å². The van der Waals surface area contributed by atoms with Gasteiger partial charge in [-0.05, 0) is 30.5 Å². The number of Topliss-reactive ketones (excluding diaryl/α,β-unsaturated/α-hetero) is 1. The van der Waals surface area contributed by atoms with E-state index in [4.69, 9.17) is 0 Å². The molecular weight excluding hydrogens is 352 g/mol. The van der Waals surface area contributed by atoms with Gasteiger partial charge in [-0.15, -0.1) is 11.8 Å². The molecule has 2 aromatic rings. The molecule has 2 unspecified atom stereocenters. The Kier molecular flexibility index (Phi) is 7.30. The van der Waals surface area contributed by atoms with E-state index in [9.17, 15) is 4.79 Å². The molecule has 0 fully saturated rings. The zero-order valence-corrected chi connectivity index (χ0v) is 18.6. The fraction of sp³-hybridized carbons (Fsp3) is 0.435. The minimum Gasteiger partial charge on any atom is -0.299 e. The number of hydrogen-bond donors (Lipinski definition) is 0. The highest BCUT2D eigenvalue weighted by Crippen LogP contribution is 2.49. The number of carbonyl (C=O) groups excluding carboxylic acids is 1. The van der Waals surface area contributed by atoms with Gasteiger partial charge in [-0.1, -0.05) is 82.0 Å². The molecule has 0 N–H and O–H groups in total. The van der Waals surface area contributed by atoms with E-state index in [1.54, 1.807) is 0 Å². The van der Waals surface area contributed by atoms with Crippen LogP contribution < -0.4 is 0 Å². The van der Waals surface area contributed by atoms with Crippen molar-refractivity contribution in [3.8, 4) is 0 Å². The number of ketones is 1. The molecule has 0 aliphatic carbocycles. The Hall–Kier alpha value is -1.32. The van der Waals surface area contributed by atoms with Crippen molar-refractivity contribution in [2.45, 2.75) is 62.0 Å². The quantitative estimate of drug-likeness (QED) is 0.356. The van der Waals surface area contributed by atoms with E-state index in [1.807, 2.05) is 18.7 Å². The summed E-state index contributed by atoms with van der Waals surface area (Å²) in [7, 11) is -1.67. The van der Waals surface area contributed by atoms with Crippen LogP contribution in [0.5, 0.6) is 0 Å². The molecule has 140 valence electrons. The summed E-state index contributed by atoms with van der Waals surface area (Å²) in [6.45, 7) is 11.4. The first-order chi connectivity index (χ1) is 12.3. The van der Waals surface area contributed by atoms with Crippen LogP contribution in [0, 0.1) is 5.92 Å². The summed E-state index contributed by atoms with van der Waals surface area (Å²) < 4.78 is -0.0166. The molecule has 2 aromatic carbocycles. The van der Waals surface area contributed by atoms with E-state index in [1.165, 1.54) is 10.5 Å². The largest absolute Gasteiger partial charge is 0.299 e. The molecule has 3 heteroatoms. The molecule has 0 amide bonds. The van der Waals surface area contributed by atoms with Crippen LogP contribution in [0.15, 0.2) is 65.6 Å². The van der Waals surface area contributed by atoms with Gasteiger partial charge >= 0.3 is 0 Å². The predicted octanol–water partition coefficient (Wildman–Crippen LogP) is 6.64. The molecule has 0 radical (unpaired) electrons. The second-order valence-corrected chi connectivity index (χ2v) is 15.2. The van der Waals surface area contributed by atoms with Gasteiger partial charge in [-0.25, -0.2) is 0 Å². The van der Waals surface area contributed by atoms with E-state index in [0.29, 0.717) is 12.2 Å². The maximum atomic E-state index is 12.8. The van der Waals surface area contributed by atoms with Gasteiger partial charge < -0.3 is 0 Å². The zero-order chi connectivity index (χ0) is 19.2. The van der Waals surface area contributed by atoms with Crippen LogP contribution in [-0.4, -0.2) is 18.2 Å². The number of thioether (sulfide) groups is 1. The fourth-order valence-electron chi connectivity index (χ4n) is 3.77. The molecule has 0 aromatic heterocycles. The molecule has 0 aliphatic rings. The summed E-state index contributed by atoms with van der Waals surface area (Å²) in [6.07, 6.45) is 2.68. The third-order valence-corrected chi connectivity index (χ3v) is 12.3. The molecular formula is C23H32OSSi. The lowest BCUT2D eigenvalue weighted by Crippen LogP contribution is -2.56. The van der Waals surface area contributed by atoms with Crippen molar-refractivity contribution < 1.29 is 4.79 Å². The van der Waals surface area contributed by atoms with Gasteiger partial charge in [0.05, 0.1) is 8.07 Å². The Morgan fingerprint density at radius 3 is 2.04 bits per heavy atom. The second-order valence-electron chi connectivity index (χ2n) is 8.08. The molecule has 0 heterocycles. The number of benzene rings is 2. The van der Waals surface area contributed by atoms with E-state index in [0.717, 1.165) is 12.8 Å². The van der Waals surface area contributed by atoms with E-state index in [2.05, 4.69) is 87.2 Å². The lowest BCUT2D eigenvalue weighted by molar-refractivity contribution is -0.122. The lowest BCUT2D eigenvalue weighted by Gasteiger charge is -2.47. The Balaban J connectivity index is 2.43. The maximum Gasteiger partial charge on any atom is 0.136 e. The first kappa shape index (κ1) is 21.0. The van der Waals surface area contributed by atoms with Gasteiger partial charge in [-0.3, -0.25) is 4.79 Å². The maximum absolute atomic E-state index is 12.8. The third-order valence-electron chi connectivity index (χ3n) is 5.47. The SMILES string of the molecule is CCC(=O)C(C)C(CCc1ccccc1)(Sc1ccccc1)[Si](C)(C)C. The van der Waals surface area contributed by atoms with Gasteiger partial charge in [-0.2, -0.15) is 0 Å². The first-order valence-corrected chi connectivity index (χ1v) is 13.9. The van der Waals surface area contributed by atoms with Gasteiger partial charge in [0, 0.05) is 21.6 Å². The molecule has 2 atom stereocenters. The topological polar surface area (TPSA) is 17.1 Å². The van der Waals surface area contributed by atoms with Crippen molar-refractivity contribution in [1.82, 2.24) is 0 Å². The molecule has 26 heavy (non-hydrogen) atoms. The Morgan fingerprint density at radius 1 is 1.00 bits per heavy atom. The van der Waals surface area contributed by atoms with Crippen molar-refractivity contribution in [2.75, 3.05) is 0 Å². The standard InChI is InChI=1S/C23H32OSSi/c1-6-22(24)19(2)23(26(3,4)5,25-21-15-11-8-12-16-21)18-17-20-13-9-7-10-14-20/h7-16,19H,6,17-18H2,1-5H3. The van der Waals surface area contributed by atoms with Gasteiger partial charge in [0.15, 0.2) is 0 Å². The minimum absolute atomic E-state index is 0.0166. The van der Waals surface area contributed by atoms with Gasteiger partial charge in [0.25, 0.3) is 0 Å². The van der Waals surface area contributed by atoms with Crippen LogP contribution >= 0.6 is 11.8 Å². The summed E-state index contributed by atoms with van der Waals surface area (Å²) in [4.78, 5) is 14.1. The second kappa shape index (κ2) is 9.05. The highest BCUT2D eigenvalue weighted by Gasteiger charge is 2.49. The minimum atomic E-state index is -1.67. The molecule has 0 saturated heterocycles. The van der Waals surface area contributed by atoms with Crippen LogP contribution in [0.4, 0.5) is 0 Å².